The van der Waals surface area contributed by atoms with Gasteiger partial charge in [0.05, 0.1) is 18.5 Å². The van der Waals surface area contributed by atoms with Crippen LogP contribution in [-0.4, -0.2) is 90.3 Å². The molecule has 0 spiro atoms. The molecule has 2 atom stereocenters. The normalized spacial score (nSPS) is 22.0. The zero-order valence-corrected chi connectivity index (χ0v) is 24.2. The Hall–Kier alpha value is -1.37. The van der Waals surface area contributed by atoms with Crippen LogP contribution in [0.25, 0.3) is 10.9 Å². The van der Waals surface area contributed by atoms with E-state index in [1.807, 2.05) is 9.80 Å². The lowest BCUT2D eigenvalue weighted by Gasteiger charge is -2.39. The number of pyridine rings is 1. The van der Waals surface area contributed by atoms with E-state index in [1.165, 1.54) is 0 Å². The van der Waals surface area contributed by atoms with E-state index in [0.29, 0.717) is 36.5 Å². The number of piperazine rings is 1. The van der Waals surface area contributed by atoms with E-state index >= 15 is 0 Å². The number of benzene rings is 1. The Labute approximate surface area is 243 Å². The molecular formula is C24H33Cl3F3N5O2S. The Balaban J connectivity index is 0.00000169. The van der Waals surface area contributed by atoms with Crippen LogP contribution in [0.4, 0.5) is 18.9 Å². The summed E-state index contributed by atoms with van der Waals surface area (Å²) in [4.78, 5) is 23.0. The number of nitrogens with zero attached hydrogens (tertiary/aromatic N) is 4. The van der Waals surface area contributed by atoms with Crippen molar-refractivity contribution in [2.45, 2.75) is 31.6 Å². The summed E-state index contributed by atoms with van der Waals surface area (Å²) < 4.78 is 46.7. The van der Waals surface area contributed by atoms with Crippen LogP contribution in [0.15, 0.2) is 24.3 Å². The summed E-state index contributed by atoms with van der Waals surface area (Å²) in [5.74, 6) is 2.31. The number of alkyl halides is 3. The summed E-state index contributed by atoms with van der Waals surface area (Å²) in [5, 5.41) is 4.05. The maximum atomic E-state index is 13.7. The highest BCUT2D eigenvalue weighted by Gasteiger charge is 2.38. The van der Waals surface area contributed by atoms with Crippen LogP contribution in [0.2, 0.25) is 0 Å². The molecule has 4 heterocycles. The number of aromatic nitrogens is 1. The molecule has 0 aliphatic carbocycles. The summed E-state index contributed by atoms with van der Waals surface area (Å²) in [6, 6.07) is 6.53. The fraction of sp³-hybridized carbons (Fsp3) is 0.583. The molecule has 1 N–H and O–H groups in total. The van der Waals surface area contributed by atoms with Gasteiger partial charge in [0.25, 0.3) is 0 Å². The first-order chi connectivity index (χ1) is 16.8. The summed E-state index contributed by atoms with van der Waals surface area (Å²) in [7, 11) is 0. The van der Waals surface area contributed by atoms with Crippen molar-refractivity contribution < 1.29 is 22.7 Å². The average Bonchev–Trinajstić information content (AvgIpc) is 3.56. The highest BCUT2D eigenvalue weighted by molar-refractivity contribution is 7.99. The number of para-hydroxylation sites is 1. The number of halogens is 6. The lowest BCUT2D eigenvalue weighted by Crippen LogP contribution is -2.51. The molecule has 1 aromatic heterocycles. The van der Waals surface area contributed by atoms with Gasteiger partial charge in [-0.15, -0.1) is 49.0 Å². The van der Waals surface area contributed by atoms with Gasteiger partial charge in [0.1, 0.15) is 17.0 Å². The van der Waals surface area contributed by atoms with Crippen LogP contribution >= 0.6 is 49.0 Å². The molecular weight excluding hydrogens is 586 g/mol. The van der Waals surface area contributed by atoms with E-state index < -0.39 is 11.9 Å². The molecule has 14 heteroatoms. The molecule has 0 unspecified atom stereocenters. The fourth-order valence-corrected chi connectivity index (χ4v) is 6.16. The Morgan fingerprint density at radius 3 is 2.53 bits per heavy atom. The second kappa shape index (κ2) is 13.8. The molecule has 0 saturated carbocycles. The predicted molar refractivity (Wildman–Crippen MR) is 153 cm³/mol. The van der Waals surface area contributed by atoms with Gasteiger partial charge in [0, 0.05) is 62.1 Å². The second-order valence-corrected chi connectivity index (χ2v) is 10.2. The molecule has 38 heavy (non-hydrogen) atoms. The number of carbonyl (C=O) groups excluding carboxylic acids is 1. The smallest absolute Gasteiger partial charge is 0.433 e. The van der Waals surface area contributed by atoms with Gasteiger partial charge >= 0.3 is 6.18 Å². The highest BCUT2D eigenvalue weighted by Crippen LogP contribution is 2.38. The molecule has 214 valence electrons. The zero-order chi connectivity index (χ0) is 24.6. The zero-order valence-electron chi connectivity index (χ0n) is 20.9. The van der Waals surface area contributed by atoms with Crippen LogP contribution in [0.5, 0.6) is 5.75 Å². The molecule has 0 radical (unpaired) electrons. The average molecular weight is 619 g/mol. The van der Waals surface area contributed by atoms with Crippen molar-refractivity contribution in [3.63, 3.8) is 0 Å². The van der Waals surface area contributed by atoms with E-state index in [4.69, 9.17) is 4.74 Å². The van der Waals surface area contributed by atoms with Crippen LogP contribution in [0, 0.1) is 0 Å². The minimum Gasteiger partial charge on any atom is -0.492 e. The Morgan fingerprint density at radius 1 is 1.16 bits per heavy atom. The molecule has 7 nitrogen and oxygen atoms in total. The molecule has 1 aromatic carbocycles. The molecule has 3 saturated heterocycles. The topological polar surface area (TPSA) is 60.9 Å². The highest BCUT2D eigenvalue weighted by atomic mass is 35.5. The van der Waals surface area contributed by atoms with E-state index in [1.54, 1.807) is 36.9 Å². The van der Waals surface area contributed by atoms with E-state index in [9.17, 15) is 18.0 Å². The van der Waals surface area contributed by atoms with Gasteiger partial charge < -0.3 is 19.9 Å². The van der Waals surface area contributed by atoms with Gasteiger partial charge in [0.2, 0.25) is 5.91 Å². The SMILES string of the molecule is CCOc1cccc2c(N3CCN([C@@H]4CN[C@H](C(=O)N5CCSC5)C4)CC3)cc(C(F)(F)F)nc12.Cl.Cl.Cl. The van der Waals surface area contributed by atoms with E-state index in [2.05, 4.69) is 15.2 Å². The number of ether oxygens (including phenoxy) is 1. The van der Waals surface area contributed by atoms with Crippen LogP contribution in [0.3, 0.4) is 0 Å². The third-order valence-corrected chi connectivity index (χ3v) is 7.98. The first kappa shape index (κ1) is 32.8. The number of anilines is 1. The summed E-state index contributed by atoms with van der Waals surface area (Å²) >= 11 is 1.78. The van der Waals surface area contributed by atoms with Crippen molar-refractivity contribution in [3.8, 4) is 5.75 Å². The lowest BCUT2D eigenvalue weighted by molar-refractivity contribution is -0.141. The first-order valence-electron chi connectivity index (χ1n) is 12.1. The summed E-state index contributed by atoms with van der Waals surface area (Å²) in [6.07, 6.45) is -3.77. The van der Waals surface area contributed by atoms with Gasteiger partial charge in [-0.2, -0.15) is 13.2 Å². The third kappa shape index (κ3) is 6.85. The quantitative estimate of drug-likeness (QED) is 0.536. The van der Waals surface area contributed by atoms with Crippen molar-refractivity contribution in [1.82, 2.24) is 20.1 Å². The molecule has 1 amide bonds. The largest absolute Gasteiger partial charge is 0.492 e. The van der Waals surface area contributed by atoms with Crippen molar-refractivity contribution in [2.24, 2.45) is 0 Å². The predicted octanol–water partition coefficient (Wildman–Crippen LogP) is 4.30. The standard InChI is InChI=1S/C24H30F3N5O2S.3ClH/c1-2-34-20-5-3-4-17-19(13-21(24(25,26)27)29-22(17)20)31-8-6-30(7-9-31)16-12-18(28-14-16)23(33)32-10-11-35-15-32;;;/h3-5,13,16,18,28H,2,6-12,14-15H2,1H3;3*1H/t16-,18-;;;/m0.../s1. The number of fused-ring (bicyclic) bond motifs is 1. The minimum atomic E-state index is -4.55. The summed E-state index contributed by atoms with van der Waals surface area (Å²) in [5.41, 5.74) is -0.133. The number of hydrogen-bond acceptors (Lipinski definition) is 7. The fourth-order valence-electron chi connectivity index (χ4n) is 5.20. The van der Waals surface area contributed by atoms with Crippen molar-refractivity contribution in [1.29, 1.82) is 0 Å². The monoisotopic (exact) mass is 617 g/mol. The van der Waals surface area contributed by atoms with Crippen LogP contribution in [0.1, 0.15) is 19.0 Å². The molecule has 2 aromatic rings. The molecule has 3 fully saturated rings. The van der Waals surface area contributed by atoms with Crippen LogP contribution < -0.4 is 15.0 Å². The van der Waals surface area contributed by atoms with Gasteiger partial charge in [0.15, 0.2) is 0 Å². The molecule has 5 rings (SSSR count). The molecule has 0 bridgehead atoms. The number of nitrogens with one attached hydrogen (secondary N) is 1. The number of hydrogen-bond donors (Lipinski definition) is 1. The van der Waals surface area contributed by atoms with Gasteiger partial charge in [-0.3, -0.25) is 9.69 Å². The van der Waals surface area contributed by atoms with Crippen LogP contribution in [-0.2, 0) is 11.0 Å². The maximum Gasteiger partial charge on any atom is 0.433 e. The van der Waals surface area contributed by atoms with Gasteiger partial charge in [-0.05, 0) is 25.5 Å². The minimum absolute atomic E-state index is 0. The Kier molecular flexibility index (Phi) is 11.9. The Morgan fingerprint density at radius 2 is 1.89 bits per heavy atom. The van der Waals surface area contributed by atoms with Gasteiger partial charge in [-0.1, -0.05) is 12.1 Å². The first-order valence-corrected chi connectivity index (χ1v) is 13.2. The van der Waals surface area contributed by atoms with E-state index in [0.717, 1.165) is 50.3 Å². The number of rotatable bonds is 5. The number of amides is 1. The number of carbonyl (C=O) groups is 1. The van der Waals surface area contributed by atoms with E-state index in [-0.39, 0.29) is 60.7 Å². The maximum absolute atomic E-state index is 13.7. The molecule has 3 aliphatic heterocycles. The van der Waals surface area contributed by atoms with Crippen molar-refractivity contribution in [3.05, 3.63) is 30.0 Å². The second-order valence-electron chi connectivity index (χ2n) is 9.12. The van der Waals surface area contributed by atoms with Crippen molar-refractivity contribution >= 4 is 71.5 Å². The van der Waals surface area contributed by atoms with Gasteiger partial charge in [-0.25, -0.2) is 4.98 Å². The third-order valence-electron chi connectivity index (χ3n) is 7.01. The lowest BCUT2D eigenvalue weighted by atomic mass is 10.1. The molecule has 3 aliphatic rings. The van der Waals surface area contributed by atoms with Crippen molar-refractivity contribution in [2.75, 3.05) is 62.4 Å². The summed E-state index contributed by atoms with van der Waals surface area (Å²) in [6.45, 7) is 6.38. The number of thioether (sulfide) groups is 1. The Bertz CT molecular complexity index is 1090.